The molecular weight excluding hydrogens is 270 g/mol. The second-order valence-electron chi connectivity index (χ2n) is 6.05. The summed E-state index contributed by atoms with van der Waals surface area (Å²) < 4.78 is 0. The molecule has 2 fully saturated rings. The van der Waals surface area contributed by atoms with Crippen LogP contribution in [0.15, 0.2) is 0 Å². The second-order valence-corrected chi connectivity index (χ2v) is 6.05. The van der Waals surface area contributed by atoms with Crippen LogP contribution in [0.2, 0.25) is 0 Å². The molecule has 6 heteroatoms. The maximum atomic E-state index is 12.3. The highest BCUT2D eigenvalue weighted by Gasteiger charge is 2.51. The zero-order valence-electron chi connectivity index (χ0n) is 13.0. The number of carboxylic acids is 1. The van der Waals surface area contributed by atoms with Gasteiger partial charge in [0.05, 0.1) is 5.92 Å². The van der Waals surface area contributed by atoms with Crippen LogP contribution >= 0.6 is 0 Å². The molecule has 3 unspecified atom stereocenters. The summed E-state index contributed by atoms with van der Waals surface area (Å²) in [6.45, 7) is 7.77. The van der Waals surface area contributed by atoms with E-state index >= 15 is 0 Å². The summed E-state index contributed by atoms with van der Waals surface area (Å²) >= 11 is 0. The number of rotatable bonds is 7. The number of likely N-dealkylation sites (N-methyl/N-ethyl adjacent to an activating group) is 1. The molecule has 0 saturated carbocycles. The van der Waals surface area contributed by atoms with Gasteiger partial charge in [0.25, 0.3) is 0 Å². The van der Waals surface area contributed by atoms with Crippen LogP contribution in [0.1, 0.15) is 39.5 Å². The fourth-order valence-electron chi connectivity index (χ4n) is 3.73. The standard InChI is InChI=1S/C15H27N3O3/c1-3-8-17(4-2)9-7-16-15(21)18-11-5-6-13(18)12(10-11)14(19)20/h11-13H,3-10H2,1-2H3,(H,16,21)(H,19,20). The fraction of sp³-hybridized carbons (Fsp3) is 0.867. The first-order valence-electron chi connectivity index (χ1n) is 8.09. The van der Waals surface area contributed by atoms with Crippen LogP contribution in [-0.4, -0.2) is 65.2 Å². The number of carbonyl (C=O) groups excluding carboxylic acids is 1. The van der Waals surface area contributed by atoms with Crippen molar-refractivity contribution < 1.29 is 14.7 Å². The monoisotopic (exact) mass is 297 g/mol. The van der Waals surface area contributed by atoms with E-state index in [0.717, 1.165) is 38.9 Å². The fourth-order valence-corrected chi connectivity index (χ4v) is 3.73. The Morgan fingerprint density at radius 2 is 2.05 bits per heavy atom. The van der Waals surface area contributed by atoms with Crippen molar-refractivity contribution in [3.63, 3.8) is 0 Å². The van der Waals surface area contributed by atoms with Crippen molar-refractivity contribution in [1.29, 1.82) is 0 Å². The van der Waals surface area contributed by atoms with Gasteiger partial charge < -0.3 is 20.2 Å². The highest BCUT2D eigenvalue weighted by molar-refractivity contribution is 5.79. The minimum Gasteiger partial charge on any atom is -0.481 e. The average Bonchev–Trinajstić information content (AvgIpc) is 3.03. The molecule has 2 saturated heterocycles. The molecule has 0 aromatic carbocycles. The van der Waals surface area contributed by atoms with Gasteiger partial charge in [-0.3, -0.25) is 4.79 Å². The van der Waals surface area contributed by atoms with Crippen LogP contribution in [0.5, 0.6) is 0 Å². The van der Waals surface area contributed by atoms with E-state index in [1.54, 1.807) is 4.90 Å². The number of nitrogens with zero attached hydrogens (tertiary/aromatic N) is 2. The van der Waals surface area contributed by atoms with E-state index in [2.05, 4.69) is 24.1 Å². The Hall–Kier alpha value is -1.30. The van der Waals surface area contributed by atoms with Crippen molar-refractivity contribution in [2.75, 3.05) is 26.2 Å². The smallest absolute Gasteiger partial charge is 0.317 e. The van der Waals surface area contributed by atoms with Gasteiger partial charge in [0.1, 0.15) is 0 Å². The summed E-state index contributed by atoms with van der Waals surface area (Å²) in [6, 6.07) is -0.0711. The van der Waals surface area contributed by atoms with Gasteiger partial charge in [-0.15, -0.1) is 0 Å². The summed E-state index contributed by atoms with van der Waals surface area (Å²) in [7, 11) is 0. The van der Waals surface area contributed by atoms with E-state index in [4.69, 9.17) is 0 Å². The van der Waals surface area contributed by atoms with E-state index in [9.17, 15) is 14.7 Å². The quantitative estimate of drug-likeness (QED) is 0.744. The third kappa shape index (κ3) is 3.48. The van der Waals surface area contributed by atoms with Gasteiger partial charge in [0, 0.05) is 25.2 Å². The van der Waals surface area contributed by atoms with Gasteiger partial charge in [0.15, 0.2) is 0 Å². The molecule has 6 nitrogen and oxygen atoms in total. The largest absolute Gasteiger partial charge is 0.481 e. The maximum absolute atomic E-state index is 12.3. The van der Waals surface area contributed by atoms with Gasteiger partial charge in [-0.2, -0.15) is 0 Å². The van der Waals surface area contributed by atoms with Crippen molar-refractivity contribution in [2.45, 2.75) is 51.6 Å². The van der Waals surface area contributed by atoms with Crippen molar-refractivity contribution in [3.8, 4) is 0 Å². The lowest BCUT2D eigenvalue weighted by Gasteiger charge is -2.25. The number of hydrogen-bond donors (Lipinski definition) is 2. The Morgan fingerprint density at radius 1 is 1.29 bits per heavy atom. The Morgan fingerprint density at radius 3 is 2.62 bits per heavy atom. The van der Waals surface area contributed by atoms with Crippen LogP contribution in [0.3, 0.4) is 0 Å². The SMILES string of the molecule is CCCN(CC)CCNC(=O)N1C2CCC1C(C(=O)O)C2. The molecule has 0 aromatic rings. The lowest BCUT2D eigenvalue weighted by molar-refractivity contribution is -0.142. The predicted molar refractivity (Wildman–Crippen MR) is 80.2 cm³/mol. The molecule has 2 heterocycles. The molecule has 120 valence electrons. The average molecular weight is 297 g/mol. The topological polar surface area (TPSA) is 72.9 Å². The predicted octanol–water partition coefficient (Wildman–Crippen LogP) is 1.37. The summed E-state index contributed by atoms with van der Waals surface area (Å²) in [6.07, 6.45) is 3.49. The second kappa shape index (κ2) is 7.11. The molecule has 2 N–H and O–H groups in total. The summed E-state index contributed by atoms with van der Waals surface area (Å²) in [4.78, 5) is 27.6. The van der Waals surface area contributed by atoms with Gasteiger partial charge in [-0.25, -0.2) is 4.79 Å². The first-order chi connectivity index (χ1) is 10.1. The van der Waals surface area contributed by atoms with Gasteiger partial charge >= 0.3 is 12.0 Å². The first kappa shape index (κ1) is 16.1. The van der Waals surface area contributed by atoms with Crippen LogP contribution in [0.4, 0.5) is 4.79 Å². The normalized spacial score (nSPS) is 27.4. The number of amides is 2. The highest BCUT2D eigenvalue weighted by Crippen LogP contribution is 2.41. The molecule has 2 aliphatic heterocycles. The third-order valence-corrected chi connectivity index (χ3v) is 4.78. The minimum atomic E-state index is -0.764. The van der Waals surface area contributed by atoms with Crippen molar-refractivity contribution in [2.24, 2.45) is 5.92 Å². The Balaban J connectivity index is 1.80. The first-order valence-corrected chi connectivity index (χ1v) is 8.09. The Labute approximate surface area is 126 Å². The Kier molecular flexibility index (Phi) is 5.45. The number of carboxylic acid groups (broad SMARTS) is 1. The summed E-state index contributed by atoms with van der Waals surface area (Å²) in [5, 5.41) is 12.2. The zero-order valence-corrected chi connectivity index (χ0v) is 13.0. The highest BCUT2D eigenvalue weighted by atomic mass is 16.4. The van der Waals surface area contributed by atoms with Gasteiger partial charge in [-0.1, -0.05) is 13.8 Å². The molecule has 3 atom stereocenters. The lowest BCUT2D eigenvalue weighted by atomic mass is 9.89. The summed E-state index contributed by atoms with van der Waals surface area (Å²) in [5.41, 5.74) is 0. The zero-order chi connectivity index (χ0) is 15.4. The molecular formula is C15H27N3O3. The number of nitrogens with one attached hydrogen (secondary N) is 1. The van der Waals surface area contributed by atoms with Crippen LogP contribution < -0.4 is 5.32 Å². The van der Waals surface area contributed by atoms with Crippen LogP contribution in [-0.2, 0) is 4.79 Å². The molecule has 0 radical (unpaired) electrons. The molecule has 0 aromatic heterocycles. The summed E-state index contributed by atoms with van der Waals surface area (Å²) in [5.74, 6) is -1.14. The number of carbonyl (C=O) groups is 2. The van der Waals surface area contributed by atoms with Crippen molar-refractivity contribution in [3.05, 3.63) is 0 Å². The van der Waals surface area contributed by atoms with Gasteiger partial charge in [0.2, 0.25) is 0 Å². The molecule has 2 amide bonds. The van der Waals surface area contributed by atoms with E-state index in [0.29, 0.717) is 13.0 Å². The van der Waals surface area contributed by atoms with Crippen molar-refractivity contribution >= 4 is 12.0 Å². The number of aliphatic carboxylic acids is 1. The molecule has 21 heavy (non-hydrogen) atoms. The molecule has 2 rings (SSSR count). The van der Waals surface area contributed by atoms with Gasteiger partial charge in [-0.05, 0) is 38.8 Å². The van der Waals surface area contributed by atoms with E-state index in [1.165, 1.54) is 0 Å². The lowest BCUT2D eigenvalue weighted by Crippen LogP contribution is -2.46. The molecule has 2 bridgehead atoms. The minimum absolute atomic E-state index is 0.0844. The van der Waals surface area contributed by atoms with Crippen LogP contribution in [0, 0.1) is 5.92 Å². The number of fused-ring (bicyclic) bond motifs is 2. The third-order valence-electron chi connectivity index (χ3n) is 4.78. The number of hydrogen-bond acceptors (Lipinski definition) is 3. The molecule has 2 aliphatic rings. The number of urea groups is 1. The van der Waals surface area contributed by atoms with E-state index < -0.39 is 5.97 Å². The van der Waals surface area contributed by atoms with Crippen molar-refractivity contribution in [1.82, 2.24) is 15.1 Å². The van der Waals surface area contributed by atoms with Crippen LogP contribution in [0.25, 0.3) is 0 Å². The van der Waals surface area contributed by atoms with E-state index in [-0.39, 0.29) is 24.0 Å². The molecule has 0 aliphatic carbocycles. The maximum Gasteiger partial charge on any atom is 0.317 e. The molecule has 0 spiro atoms. The Bertz CT molecular complexity index is 388. The van der Waals surface area contributed by atoms with E-state index in [1.807, 2.05) is 0 Å².